The fraction of sp³-hybridized carbons (Fsp3) is 0.294. The van der Waals surface area contributed by atoms with Gasteiger partial charge in [0.25, 0.3) is 5.56 Å². The first-order chi connectivity index (χ1) is 10.6. The van der Waals surface area contributed by atoms with Crippen LogP contribution in [-0.4, -0.2) is 14.6 Å². The number of hydrogen-bond donors (Lipinski definition) is 2. The van der Waals surface area contributed by atoms with E-state index in [1.54, 1.807) is 4.52 Å². The minimum absolute atomic E-state index is 0.0232. The third-order valence-corrected chi connectivity index (χ3v) is 4.56. The molecule has 112 valence electrons. The second-order valence-electron chi connectivity index (χ2n) is 5.94. The predicted octanol–water partition coefficient (Wildman–Crippen LogP) is 2.03. The van der Waals surface area contributed by atoms with Crippen LogP contribution in [0.3, 0.4) is 0 Å². The lowest BCUT2D eigenvalue weighted by molar-refractivity contribution is 0.485. The average molecular weight is 294 g/mol. The molecule has 0 saturated carbocycles. The van der Waals surface area contributed by atoms with Gasteiger partial charge in [0.15, 0.2) is 5.65 Å². The van der Waals surface area contributed by atoms with Crippen molar-refractivity contribution in [3.63, 3.8) is 0 Å². The lowest BCUT2D eigenvalue weighted by atomic mass is 9.94. The zero-order chi connectivity index (χ0) is 15.3. The summed E-state index contributed by atoms with van der Waals surface area (Å²) in [5.74, 6) is 0. The van der Waals surface area contributed by atoms with Crippen LogP contribution in [0.4, 0.5) is 0 Å². The van der Waals surface area contributed by atoms with Crippen molar-refractivity contribution in [2.45, 2.75) is 32.9 Å². The zero-order valence-corrected chi connectivity index (χ0v) is 12.7. The van der Waals surface area contributed by atoms with Crippen LogP contribution in [0, 0.1) is 13.8 Å². The Kier molecular flexibility index (Phi) is 2.90. The van der Waals surface area contributed by atoms with Crippen molar-refractivity contribution in [3.05, 3.63) is 68.8 Å². The Morgan fingerprint density at radius 3 is 2.82 bits per heavy atom. The standard InChI is InChI=1S/C17H18N4O/c1-10-11(2)19-16-8-15(20-21(16)17(10)22)14-7-12-5-3-4-6-13(12)9-18-14/h3-6,8,14,18,20H,7,9H2,1-2H3. The van der Waals surface area contributed by atoms with Gasteiger partial charge in [-0.3, -0.25) is 9.89 Å². The van der Waals surface area contributed by atoms with Gasteiger partial charge in [-0.05, 0) is 31.4 Å². The summed E-state index contributed by atoms with van der Waals surface area (Å²) in [5.41, 5.74) is 5.84. The van der Waals surface area contributed by atoms with Crippen molar-refractivity contribution < 1.29 is 0 Å². The average Bonchev–Trinajstić information content (AvgIpc) is 2.96. The first-order valence-corrected chi connectivity index (χ1v) is 7.52. The van der Waals surface area contributed by atoms with Gasteiger partial charge in [-0.2, -0.15) is 0 Å². The molecule has 0 fully saturated rings. The molecule has 0 bridgehead atoms. The summed E-state index contributed by atoms with van der Waals surface area (Å²) >= 11 is 0. The molecule has 0 radical (unpaired) electrons. The van der Waals surface area contributed by atoms with Gasteiger partial charge in [-0.25, -0.2) is 9.50 Å². The van der Waals surface area contributed by atoms with Crippen LogP contribution < -0.4 is 10.9 Å². The highest BCUT2D eigenvalue weighted by Crippen LogP contribution is 2.25. The molecular formula is C17H18N4O. The van der Waals surface area contributed by atoms with Crippen LogP contribution in [0.15, 0.2) is 35.1 Å². The minimum Gasteiger partial charge on any atom is -0.304 e. The molecule has 1 atom stereocenters. The number of nitrogens with zero attached hydrogens (tertiary/aromatic N) is 2. The minimum atomic E-state index is -0.0232. The lowest BCUT2D eigenvalue weighted by Crippen LogP contribution is -2.29. The maximum Gasteiger partial charge on any atom is 0.275 e. The highest BCUT2D eigenvalue weighted by Gasteiger charge is 2.21. The van der Waals surface area contributed by atoms with Gasteiger partial charge < -0.3 is 5.32 Å². The van der Waals surface area contributed by atoms with E-state index in [0.717, 1.165) is 24.4 Å². The number of H-pyrrole nitrogens is 1. The monoisotopic (exact) mass is 294 g/mol. The summed E-state index contributed by atoms with van der Waals surface area (Å²) in [7, 11) is 0. The lowest BCUT2D eigenvalue weighted by Gasteiger charge is -2.25. The number of hydrogen-bond acceptors (Lipinski definition) is 3. The molecule has 3 heterocycles. The van der Waals surface area contributed by atoms with Crippen molar-refractivity contribution in [1.82, 2.24) is 19.9 Å². The Balaban J connectivity index is 1.77. The molecule has 0 spiro atoms. The largest absolute Gasteiger partial charge is 0.304 e. The van der Waals surface area contributed by atoms with E-state index in [1.807, 2.05) is 19.9 Å². The first-order valence-electron chi connectivity index (χ1n) is 7.52. The number of aryl methyl sites for hydroxylation is 1. The zero-order valence-electron chi connectivity index (χ0n) is 12.7. The van der Waals surface area contributed by atoms with Crippen LogP contribution >= 0.6 is 0 Å². The molecule has 1 unspecified atom stereocenters. The molecule has 5 nitrogen and oxygen atoms in total. The molecule has 1 aliphatic rings. The van der Waals surface area contributed by atoms with Crippen molar-refractivity contribution in [2.24, 2.45) is 0 Å². The van der Waals surface area contributed by atoms with E-state index in [9.17, 15) is 4.79 Å². The van der Waals surface area contributed by atoms with Crippen LogP contribution in [0.5, 0.6) is 0 Å². The van der Waals surface area contributed by atoms with Crippen LogP contribution in [0.25, 0.3) is 5.65 Å². The summed E-state index contributed by atoms with van der Waals surface area (Å²) in [6.45, 7) is 4.53. The molecule has 1 aliphatic heterocycles. The van der Waals surface area contributed by atoms with Crippen molar-refractivity contribution >= 4 is 5.65 Å². The van der Waals surface area contributed by atoms with Gasteiger partial charge in [0.1, 0.15) is 0 Å². The van der Waals surface area contributed by atoms with Crippen LogP contribution in [0.2, 0.25) is 0 Å². The van der Waals surface area contributed by atoms with Crippen LogP contribution in [0.1, 0.15) is 34.1 Å². The van der Waals surface area contributed by atoms with Gasteiger partial charge in [0.2, 0.25) is 0 Å². The molecule has 0 aliphatic carbocycles. The highest BCUT2D eigenvalue weighted by atomic mass is 16.1. The number of aromatic amines is 1. The molecule has 0 saturated heterocycles. The molecule has 2 N–H and O–H groups in total. The third kappa shape index (κ3) is 1.97. The molecule has 1 aromatic carbocycles. The van der Waals surface area contributed by atoms with Gasteiger partial charge in [0.05, 0.1) is 11.7 Å². The molecule has 0 amide bonds. The van der Waals surface area contributed by atoms with E-state index in [0.29, 0.717) is 11.2 Å². The van der Waals surface area contributed by atoms with E-state index in [4.69, 9.17) is 0 Å². The van der Waals surface area contributed by atoms with Crippen molar-refractivity contribution in [3.8, 4) is 0 Å². The second-order valence-corrected chi connectivity index (χ2v) is 5.94. The Labute approximate surface area is 128 Å². The first kappa shape index (κ1) is 13.3. The van der Waals surface area contributed by atoms with Crippen LogP contribution in [-0.2, 0) is 13.0 Å². The number of aromatic nitrogens is 3. The topological polar surface area (TPSA) is 62.2 Å². The number of fused-ring (bicyclic) bond motifs is 2. The van der Waals surface area contributed by atoms with Crippen molar-refractivity contribution in [2.75, 3.05) is 0 Å². The molecule has 2 aromatic heterocycles. The normalized spacial score (nSPS) is 17.6. The molecule has 3 aromatic rings. The van der Waals surface area contributed by atoms with Crippen molar-refractivity contribution in [1.29, 1.82) is 0 Å². The molecular weight excluding hydrogens is 276 g/mol. The van der Waals surface area contributed by atoms with E-state index in [2.05, 4.69) is 39.7 Å². The fourth-order valence-electron chi connectivity index (χ4n) is 3.09. The number of benzene rings is 1. The fourth-order valence-corrected chi connectivity index (χ4v) is 3.09. The van der Waals surface area contributed by atoms with E-state index >= 15 is 0 Å². The quantitative estimate of drug-likeness (QED) is 0.722. The smallest absolute Gasteiger partial charge is 0.275 e. The maximum atomic E-state index is 12.3. The Morgan fingerprint density at radius 2 is 2.00 bits per heavy atom. The highest BCUT2D eigenvalue weighted by molar-refractivity contribution is 5.43. The van der Waals surface area contributed by atoms with Gasteiger partial charge >= 0.3 is 0 Å². The Morgan fingerprint density at radius 1 is 1.23 bits per heavy atom. The number of rotatable bonds is 1. The SMILES string of the molecule is Cc1nc2cc(C3Cc4ccccc4CN3)[nH]n2c(=O)c1C. The maximum absolute atomic E-state index is 12.3. The van der Waals surface area contributed by atoms with E-state index in [1.165, 1.54) is 11.1 Å². The van der Waals surface area contributed by atoms with Gasteiger partial charge in [-0.15, -0.1) is 0 Å². The Hall–Kier alpha value is -2.40. The molecule has 22 heavy (non-hydrogen) atoms. The molecule has 5 heteroatoms. The van der Waals surface area contributed by atoms with E-state index in [-0.39, 0.29) is 11.6 Å². The summed E-state index contributed by atoms with van der Waals surface area (Å²) < 4.78 is 1.54. The predicted molar refractivity (Wildman–Crippen MR) is 85.0 cm³/mol. The third-order valence-electron chi connectivity index (χ3n) is 4.56. The Bertz CT molecular complexity index is 922. The van der Waals surface area contributed by atoms with Gasteiger partial charge in [-0.1, -0.05) is 24.3 Å². The number of nitrogens with one attached hydrogen (secondary N) is 2. The summed E-state index contributed by atoms with van der Waals surface area (Å²) in [5, 5.41) is 6.74. The second kappa shape index (κ2) is 4.81. The molecule has 4 rings (SSSR count). The summed E-state index contributed by atoms with van der Waals surface area (Å²) in [6.07, 6.45) is 0.912. The van der Waals surface area contributed by atoms with E-state index < -0.39 is 0 Å². The van der Waals surface area contributed by atoms with Gasteiger partial charge in [0, 0.05) is 23.9 Å². The summed E-state index contributed by atoms with van der Waals surface area (Å²) in [4.78, 5) is 16.8. The summed E-state index contributed by atoms with van der Waals surface area (Å²) in [6, 6.07) is 10.6.